The summed E-state index contributed by atoms with van der Waals surface area (Å²) in [5, 5.41) is 16.3. The molecule has 0 saturated carbocycles. The lowest BCUT2D eigenvalue weighted by Crippen LogP contribution is -2.33. The monoisotopic (exact) mass is 195 g/mol. The highest BCUT2D eigenvalue weighted by molar-refractivity contribution is 5.93. The summed E-state index contributed by atoms with van der Waals surface area (Å²) in [7, 11) is 1.63. The summed E-state index contributed by atoms with van der Waals surface area (Å²) < 4.78 is 0. The zero-order valence-corrected chi connectivity index (χ0v) is 8.21. The normalized spacial score (nSPS) is 12.2. The van der Waals surface area contributed by atoms with E-state index in [-0.39, 0.29) is 5.91 Å². The quantitative estimate of drug-likeness (QED) is 0.733. The van der Waals surface area contributed by atoms with Gasteiger partial charge in [0.2, 0.25) is 0 Å². The van der Waals surface area contributed by atoms with Gasteiger partial charge in [-0.05, 0) is 13.0 Å². The Labute approximate surface area is 82.4 Å². The number of nitrogens with zero attached hydrogens (tertiary/aromatic N) is 3. The standard InChI is InChI=1S/C9H13N3O2/c1-7(13)6-12(2)9(14)8-3-4-10-11-5-8/h3-5,7,13H,6H2,1-2H3. The van der Waals surface area contributed by atoms with Gasteiger partial charge in [0.05, 0.1) is 24.1 Å². The van der Waals surface area contributed by atoms with Crippen molar-refractivity contribution in [2.24, 2.45) is 0 Å². The van der Waals surface area contributed by atoms with Gasteiger partial charge in [-0.3, -0.25) is 4.79 Å². The number of likely N-dealkylation sites (N-methyl/N-ethyl adjacent to an activating group) is 1. The van der Waals surface area contributed by atoms with Gasteiger partial charge in [-0.15, -0.1) is 0 Å². The molecule has 0 fully saturated rings. The predicted molar refractivity (Wildman–Crippen MR) is 50.7 cm³/mol. The summed E-state index contributed by atoms with van der Waals surface area (Å²) in [6, 6.07) is 1.59. The lowest BCUT2D eigenvalue weighted by atomic mass is 10.2. The Kier molecular flexibility index (Phi) is 3.53. The highest BCUT2D eigenvalue weighted by Crippen LogP contribution is 2.00. The first-order valence-electron chi connectivity index (χ1n) is 4.31. The van der Waals surface area contributed by atoms with Crippen LogP contribution in [0.15, 0.2) is 18.5 Å². The molecule has 0 aliphatic rings. The Morgan fingerprint density at radius 1 is 1.64 bits per heavy atom. The molecule has 0 aromatic carbocycles. The largest absolute Gasteiger partial charge is 0.392 e. The molecule has 76 valence electrons. The van der Waals surface area contributed by atoms with Gasteiger partial charge in [-0.1, -0.05) is 0 Å². The number of hydrogen-bond donors (Lipinski definition) is 1. The van der Waals surface area contributed by atoms with Crippen molar-refractivity contribution in [1.29, 1.82) is 0 Å². The average Bonchev–Trinajstić information content (AvgIpc) is 2.17. The van der Waals surface area contributed by atoms with Crippen LogP contribution in [0.2, 0.25) is 0 Å². The van der Waals surface area contributed by atoms with Crippen LogP contribution in [0.4, 0.5) is 0 Å². The molecule has 1 heterocycles. The number of hydrogen-bond acceptors (Lipinski definition) is 4. The number of rotatable bonds is 3. The third-order valence-corrected chi connectivity index (χ3v) is 1.72. The molecule has 1 aromatic heterocycles. The van der Waals surface area contributed by atoms with Crippen molar-refractivity contribution in [3.63, 3.8) is 0 Å². The molecule has 1 atom stereocenters. The van der Waals surface area contributed by atoms with Crippen LogP contribution in [-0.2, 0) is 0 Å². The fourth-order valence-electron chi connectivity index (χ4n) is 1.12. The van der Waals surface area contributed by atoms with Crippen molar-refractivity contribution < 1.29 is 9.90 Å². The molecule has 1 aromatic rings. The van der Waals surface area contributed by atoms with E-state index in [1.807, 2.05) is 0 Å². The second-order valence-corrected chi connectivity index (χ2v) is 3.17. The van der Waals surface area contributed by atoms with Crippen molar-refractivity contribution in [2.75, 3.05) is 13.6 Å². The van der Waals surface area contributed by atoms with E-state index in [1.54, 1.807) is 20.0 Å². The molecule has 1 N–H and O–H groups in total. The van der Waals surface area contributed by atoms with Crippen LogP contribution in [0.1, 0.15) is 17.3 Å². The van der Waals surface area contributed by atoms with E-state index in [2.05, 4.69) is 10.2 Å². The molecule has 14 heavy (non-hydrogen) atoms. The average molecular weight is 195 g/mol. The minimum absolute atomic E-state index is 0.166. The summed E-state index contributed by atoms with van der Waals surface area (Å²) in [6.45, 7) is 1.94. The Balaban J connectivity index is 2.66. The Bertz CT molecular complexity index is 300. The van der Waals surface area contributed by atoms with Gasteiger partial charge >= 0.3 is 0 Å². The first-order valence-corrected chi connectivity index (χ1v) is 4.31. The zero-order chi connectivity index (χ0) is 10.6. The summed E-state index contributed by atoms with van der Waals surface area (Å²) in [4.78, 5) is 13.1. The third-order valence-electron chi connectivity index (χ3n) is 1.72. The van der Waals surface area contributed by atoms with Crippen LogP contribution < -0.4 is 0 Å². The lowest BCUT2D eigenvalue weighted by molar-refractivity contribution is 0.0703. The molecule has 5 nitrogen and oxygen atoms in total. The Morgan fingerprint density at radius 2 is 2.36 bits per heavy atom. The van der Waals surface area contributed by atoms with E-state index in [9.17, 15) is 4.79 Å². The van der Waals surface area contributed by atoms with Crippen molar-refractivity contribution >= 4 is 5.91 Å². The molecule has 1 rings (SSSR count). The molecule has 0 aliphatic carbocycles. The molecule has 5 heteroatoms. The maximum Gasteiger partial charge on any atom is 0.255 e. The van der Waals surface area contributed by atoms with Gasteiger partial charge < -0.3 is 10.0 Å². The number of aromatic nitrogens is 2. The van der Waals surface area contributed by atoms with E-state index in [4.69, 9.17) is 5.11 Å². The minimum atomic E-state index is -0.529. The van der Waals surface area contributed by atoms with Gasteiger partial charge in [-0.2, -0.15) is 10.2 Å². The van der Waals surface area contributed by atoms with Crippen molar-refractivity contribution in [3.05, 3.63) is 24.0 Å². The highest BCUT2D eigenvalue weighted by Gasteiger charge is 2.12. The fourth-order valence-corrected chi connectivity index (χ4v) is 1.12. The molecule has 0 bridgehead atoms. The topological polar surface area (TPSA) is 66.3 Å². The van der Waals surface area contributed by atoms with E-state index >= 15 is 0 Å². The van der Waals surface area contributed by atoms with E-state index in [0.29, 0.717) is 12.1 Å². The van der Waals surface area contributed by atoms with Gasteiger partial charge in [-0.25, -0.2) is 0 Å². The van der Waals surface area contributed by atoms with E-state index < -0.39 is 6.10 Å². The van der Waals surface area contributed by atoms with Crippen LogP contribution in [0.25, 0.3) is 0 Å². The summed E-state index contributed by atoms with van der Waals surface area (Å²) in [5.74, 6) is -0.166. The zero-order valence-electron chi connectivity index (χ0n) is 8.21. The van der Waals surface area contributed by atoms with Crippen molar-refractivity contribution in [2.45, 2.75) is 13.0 Å². The molecule has 0 radical (unpaired) electrons. The van der Waals surface area contributed by atoms with Gasteiger partial charge in [0.15, 0.2) is 0 Å². The van der Waals surface area contributed by atoms with Crippen molar-refractivity contribution in [3.8, 4) is 0 Å². The number of carbonyl (C=O) groups is 1. The molecular formula is C9H13N3O2. The summed E-state index contributed by atoms with van der Waals surface area (Å²) in [6.07, 6.45) is 2.34. The van der Waals surface area contributed by atoms with E-state index in [1.165, 1.54) is 17.3 Å². The molecule has 0 saturated heterocycles. The van der Waals surface area contributed by atoms with Gasteiger partial charge in [0.1, 0.15) is 0 Å². The first kappa shape index (κ1) is 10.6. The lowest BCUT2D eigenvalue weighted by Gasteiger charge is -2.18. The van der Waals surface area contributed by atoms with Gasteiger partial charge in [0.25, 0.3) is 5.91 Å². The Hall–Kier alpha value is -1.49. The molecule has 1 unspecified atom stereocenters. The first-order chi connectivity index (χ1) is 6.61. The van der Waals surface area contributed by atoms with Crippen LogP contribution in [0.5, 0.6) is 0 Å². The number of amides is 1. The third kappa shape index (κ3) is 2.77. The maximum absolute atomic E-state index is 11.6. The minimum Gasteiger partial charge on any atom is -0.392 e. The number of carbonyl (C=O) groups excluding carboxylic acids is 1. The fraction of sp³-hybridized carbons (Fsp3) is 0.444. The maximum atomic E-state index is 11.6. The second kappa shape index (κ2) is 4.66. The molecule has 0 aliphatic heterocycles. The SMILES string of the molecule is CC(O)CN(C)C(=O)c1ccnnc1. The molecule has 1 amide bonds. The number of aliphatic hydroxyl groups excluding tert-OH is 1. The Morgan fingerprint density at radius 3 is 2.86 bits per heavy atom. The molecule has 0 spiro atoms. The summed E-state index contributed by atoms with van der Waals surface area (Å²) in [5.41, 5.74) is 0.475. The van der Waals surface area contributed by atoms with Crippen molar-refractivity contribution in [1.82, 2.24) is 15.1 Å². The predicted octanol–water partition coefficient (Wildman–Crippen LogP) is -0.0706. The summed E-state index contributed by atoms with van der Waals surface area (Å²) >= 11 is 0. The van der Waals surface area contributed by atoms with Crippen LogP contribution in [0, 0.1) is 0 Å². The van der Waals surface area contributed by atoms with Crippen LogP contribution in [-0.4, -0.2) is 45.8 Å². The van der Waals surface area contributed by atoms with Gasteiger partial charge in [0, 0.05) is 13.6 Å². The van der Waals surface area contributed by atoms with Crippen LogP contribution in [0.3, 0.4) is 0 Å². The molecular weight excluding hydrogens is 182 g/mol. The second-order valence-electron chi connectivity index (χ2n) is 3.17. The highest BCUT2D eigenvalue weighted by atomic mass is 16.3. The van der Waals surface area contributed by atoms with E-state index in [0.717, 1.165) is 0 Å². The van der Waals surface area contributed by atoms with Crippen LogP contribution >= 0.6 is 0 Å². The smallest absolute Gasteiger partial charge is 0.255 e. The number of aliphatic hydroxyl groups is 1.